The van der Waals surface area contributed by atoms with Crippen molar-refractivity contribution in [2.24, 2.45) is 5.10 Å². The van der Waals surface area contributed by atoms with Crippen molar-refractivity contribution in [3.05, 3.63) is 54.0 Å². The number of H-pyrrole nitrogens is 1. The lowest BCUT2D eigenvalue weighted by Gasteiger charge is -2.06. The first-order valence-electron chi connectivity index (χ1n) is 7.20. The van der Waals surface area contributed by atoms with E-state index in [1.807, 2.05) is 12.1 Å². The van der Waals surface area contributed by atoms with Crippen molar-refractivity contribution >= 4 is 23.0 Å². The normalized spacial score (nSPS) is 10.9. The second kappa shape index (κ2) is 6.82. The van der Waals surface area contributed by atoms with Crippen LogP contribution < -0.4 is 14.9 Å². The number of nitrogens with one attached hydrogen (secondary N) is 2. The average molecular weight is 324 g/mol. The Balaban J connectivity index is 1.79. The van der Waals surface area contributed by atoms with Gasteiger partial charge in [0.25, 0.3) is 5.91 Å². The molecule has 3 rings (SSSR count). The van der Waals surface area contributed by atoms with E-state index in [-0.39, 0.29) is 5.91 Å². The summed E-state index contributed by atoms with van der Waals surface area (Å²) in [4.78, 5) is 19.3. The van der Waals surface area contributed by atoms with E-state index < -0.39 is 0 Å². The lowest BCUT2D eigenvalue weighted by Crippen LogP contribution is -2.17. The van der Waals surface area contributed by atoms with Crippen LogP contribution in [0.4, 0.5) is 0 Å². The molecule has 0 aliphatic carbocycles. The number of aromatic amines is 1. The molecule has 7 heteroatoms. The Morgan fingerprint density at radius 1 is 1.21 bits per heavy atom. The zero-order valence-corrected chi connectivity index (χ0v) is 13.2. The van der Waals surface area contributed by atoms with Gasteiger partial charge in [0.05, 0.1) is 26.1 Å². The van der Waals surface area contributed by atoms with E-state index >= 15 is 0 Å². The van der Waals surface area contributed by atoms with Gasteiger partial charge in [-0.1, -0.05) is 6.07 Å². The molecule has 24 heavy (non-hydrogen) atoms. The topological polar surface area (TPSA) is 88.6 Å². The van der Waals surface area contributed by atoms with Crippen molar-refractivity contribution in [3.63, 3.8) is 0 Å². The Morgan fingerprint density at radius 3 is 2.71 bits per heavy atom. The maximum Gasteiger partial charge on any atom is 0.287 e. The zero-order valence-electron chi connectivity index (χ0n) is 13.2. The highest BCUT2D eigenvalue weighted by Gasteiger charge is 2.12. The smallest absolute Gasteiger partial charge is 0.287 e. The van der Waals surface area contributed by atoms with Crippen LogP contribution in [0.5, 0.6) is 11.5 Å². The predicted molar refractivity (Wildman–Crippen MR) is 90.7 cm³/mol. The largest absolute Gasteiger partial charge is 0.493 e. The monoisotopic (exact) mass is 324 g/mol. The number of aromatic nitrogens is 2. The van der Waals surface area contributed by atoms with Crippen LogP contribution in [-0.2, 0) is 0 Å². The molecule has 0 atom stereocenters. The molecule has 0 saturated carbocycles. The highest BCUT2D eigenvalue weighted by atomic mass is 16.5. The lowest BCUT2D eigenvalue weighted by molar-refractivity contribution is 0.0951. The number of hydrazone groups is 1. The molecule has 0 bridgehead atoms. The molecule has 3 aromatic rings. The fraction of sp³-hybridized carbons (Fsp3) is 0.118. The molecule has 1 aromatic carbocycles. The number of benzene rings is 1. The molecule has 2 N–H and O–H groups in total. The third-order valence-corrected chi connectivity index (χ3v) is 3.42. The van der Waals surface area contributed by atoms with E-state index in [0.717, 1.165) is 10.9 Å². The molecule has 1 amide bonds. The first kappa shape index (κ1) is 15.5. The summed E-state index contributed by atoms with van der Waals surface area (Å²) in [6, 6.07) is 10.7. The maximum absolute atomic E-state index is 12.2. The van der Waals surface area contributed by atoms with Gasteiger partial charge in [-0.2, -0.15) is 5.10 Å². The Labute approximate surface area is 138 Å². The van der Waals surface area contributed by atoms with Crippen LogP contribution in [0.1, 0.15) is 16.2 Å². The summed E-state index contributed by atoms with van der Waals surface area (Å²) in [6.07, 6.45) is 3.13. The average Bonchev–Trinajstić information content (AvgIpc) is 3.04. The highest BCUT2D eigenvalue weighted by molar-refractivity contribution is 5.99. The van der Waals surface area contributed by atoms with Gasteiger partial charge in [0.2, 0.25) is 0 Å². The fourth-order valence-electron chi connectivity index (χ4n) is 2.25. The molecule has 0 fully saturated rings. The van der Waals surface area contributed by atoms with Gasteiger partial charge in [-0.15, -0.1) is 0 Å². The van der Waals surface area contributed by atoms with E-state index in [9.17, 15) is 4.79 Å². The second-order valence-electron chi connectivity index (χ2n) is 4.93. The Bertz CT molecular complexity index is 846. The number of hydrogen-bond acceptors (Lipinski definition) is 5. The fourth-order valence-corrected chi connectivity index (χ4v) is 2.25. The van der Waals surface area contributed by atoms with Crippen molar-refractivity contribution in [2.75, 3.05) is 14.2 Å². The first-order chi connectivity index (χ1) is 11.7. The van der Waals surface area contributed by atoms with Crippen LogP contribution in [-0.4, -0.2) is 36.3 Å². The van der Waals surface area contributed by atoms with Gasteiger partial charge in [-0.3, -0.25) is 9.78 Å². The predicted octanol–water partition coefficient (Wildman–Crippen LogP) is 2.34. The van der Waals surface area contributed by atoms with Crippen molar-refractivity contribution in [1.82, 2.24) is 15.4 Å². The van der Waals surface area contributed by atoms with Gasteiger partial charge in [0.1, 0.15) is 5.69 Å². The Hall–Kier alpha value is -3.35. The lowest BCUT2D eigenvalue weighted by atomic mass is 10.2. The number of hydrogen-bond donors (Lipinski definition) is 2. The summed E-state index contributed by atoms with van der Waals surface area (Å²) >= 11 is 0. The summed E-state index contributed by atoms with van der Waals surface area (Å²) in [6.45, 7) is 0. The number of carbonyl (C=O) groups is 1. The molecule has 7 nitrogen and oxygen atoms in total. The SMILES string of the molecule is COc1cc2cc(C(=O)N/N=C/c3ccccn3)[nH]c2cc1OC. The van der Waals surface area contributed by atoms with Gasteiger partial charge in [-0.05, 0) is 24.3 Å². The third-order valence-electron chi connectivity index (χ3n) is 3.42. The summed E-state index contributed by atoms with van der Waals surface area (Å²) in [5.41, 5.74) is 4.28. The number of amides is 1. The van der Waals surface area contributed by atoms with Gasteiger partial charge >= 0.3 is 0 Å². The van der Waals surface area contributed by atoms with Crippen LogP contribution >= 0.6 is 0 Å². The molecular weight excluding hydrogens is 308 g/mol. The minimum absolute atomic E-state index is 0.351. The van der Waals surface area contributed by atoms with E-state index in [1.165, 1.54) is 6.21 Å². The number of rotatable bonds is 5. The molecule has 0 radical (unpaired) electrons. The molecule has 2 aromatic heterocycles. The number of carbonyl (C=O) groups excluding carboxylic acids is 1. The number of nitrogens with zero attached hydrogens (tertiary/aromatic N) is 2. The summed E-state index contributed by atoms with van der Waals surface area (Å²) in [5, 5.41) is 4.74. The molecule has 0 aliphatic rings. The van der Waals surface area contributed by atoms with Gasteiger partial charge in [0, 0.05) is 23.2 Å². The van der Waals surface area contributed by atoms with E-state index in [0.29, 0.717) is 22.9 Å². The number of ether oxygens (including phenoxy) is 2. The third kappa shape index (κ3) is 3.19. The number of fused-ring (bicyclic) bond motifs is 1. The zero-order chi connectivity index (χ0) is 16.9. The second-order valence-corrected chi connectivity index (χ2v) is 4.93. The van der Waals surface area contributed by atoms with Crippen LogP contribution in [0, 0.1) is 0 Å². The van der Waals surface area contributed by atoms with E-state index in [1.54, 1.807) is 44.7 Å². The minimum Gasteiger partial charge on any atom is -0.493 e. The quantitative estimate of drug-likeness (QED) is 0.557. The van der Waals surface area contributed by atoms with Gasteiger partial charge < -0.3 is 14.5 Å². The first-order valence-corrected chi connectivity index (χ1v) is 7.20. The summed E-state index contributed by atoms with van der Waals surface area (Å²) in [5.74, 6) is 0.840. The van der Waals surface area contributed by atoms with Gasteiger partial charge in [0.15, 0.2) is 11.5 Å². The summed E-state index contributed by atoms with van der Waals surface area (Å²) in [7, 11) is 3.13. The molecule has 122 valence electrons. The molecule has 2 heterocycles. The standard InChI is InChI=1S/C17H16N4O3/c1-23-15-8-11-7-14(20-13(11)9-16(15)24-2)17(22)21-19-10-12-5-3-4-6-18-12/h3-10,20H,1-2H3,(H,21,22)/b19-10+. The van der Waals surface area contributed by atoms with Crippen molar-refractivity contribution in [1.29, 1.82) is 0 Å². The number of pyridine rings is 1. The molecule has 0 unspecified atom stereocenters. The van der Waals surface area contributed by atoms with E-state index in [2.05, 4.69) is 20.5 Å². The van der Waals surface area contributed by atoms with Crippen molar-refractivity contribution in [3.8, 4) is 11.5 Å². The van der Waals surface area contributed by atoms with E-state index in [4.69, 9.17) is 9.47 Å². The Morgan fingerprint density at radius 2 is 2.00 bits per heavy atom. The van der Waals surface area contributed by atoms with Crippen molar-refractivity contribution in [2.45, 2.75) is 0 Å². The molecule has 0 aliphatic heterocycles. The van der Waals surface area contributed by atoms with Crippen molar-refractivity contribution < 1.29 is 14.3 Å². The van der Waals surface area contributed by atoms with Crippen LogP contribution in [0.25, 0.3) is 10.9 Å². The maximum atomic E-state index is 12.2. The summed E-state index contributed by atoms with van der Waals surface area (Å²) < 4.78 is 10.5. The van der Waals surface area contributed by atoms with Crippen LogP contribution in [0.3, 0.4) is 0 Å². The van der Waals surface area contributed by atoms with Gasteiger partial charge in [-0.25, -0.2) is 5.43 Å². The Kier molecular flexibility index (Phi) is 4.42. The van der Waals surface area contributed by atoms with Crippen LogP contribution in [0.15, 0.2) is 47.7 Å². The number of methoxy groups -OCH3 is 2. The highest BCUT2D eigenvalue weighted by Crippen LogP contribution is 2.32. The molecular formula is C17H16N4O3. The molecule has 0 saturated heterocycles. The van der Waals surface area contributed by atoms with Crippen LogP contribution in [0.2, 0.25) is 0 Å². The minimum atomic E-state index is -0.351. The molecule has 0 spiro atoms.